The maximum Gasteiger partial charge on any atom is 0.124 e. The minimum absolute atomic E-state index is 0.425. The third kappa shape index (κ3) is 4.39. The molecule has 1 aliphatic rings. The van der Waals surface area contributed by atoms with Gasteiger partial charge in [0, 0.05) is 38.2 Å². The topological polar surface area (TPSA) is 21.3 Å². The van der Waals surface area contributed by atoms with Gasteiger partial charge in [-0.1, -0.05) is 45.2 Å². The average molecular weight is 401 g/mol. The summed E-state index contributed by atoms with van der Waals surface area (Å²) < 4.78 is 7.02. The largest absolute Gasteiger partial charge is 0.489 e. The fourth-order valence-electron chi connectivity index (χ4n) is 2.16. The molecular weight excluding hydrogens is 385 g/mol. The number of ether oxygens (including phenoxy) is 1. The summed E-state index contributed by atoms with van der Waals surface area (Å²) in [4.78, 5) is 0. The van der Waals surface area contributed by atoms with Gasteiger partial charge in [0.05, 0.1) is 0 Å². The molecule has 0 heterocycles. The van der Waals surface area contributed by atoms with Crippen molar-refractivity contribution in [3.8, 4) is 5.75 Å². The Balaban J connectivity index is 1.70. The van der Waals surface area contributed by atoms with Crippen LogP contribution in [-0.4, -0.2) is 6.04 Å². The van der Waals surface area contributed by atoms with Crippen LogP contribution in [0.25, 0.3) is 0 Å². The van der Waals surface area contributed by atoms with E-state index < -0.39 is 0 Å². The molecule has 0 amide bonds. The number of halogens is 3. The third-order valence-electron chi connectivity index (χ3n) is 3.58. The van der Waals surface area contributed by atoms with Gasteiger partial charge in [-0.3, -0.25) is 0 Å². The molecule has 0 atom stereocenters. The van der Waals surface area contributed by atoms with Crippen molar-refractivity contribution in [2.45, 2.75) is 32.0 Å². The molecule has 2 nitrogen and oxygen atoms in total. The van der Waals surface area contributed by atoms with Crippen molar-refractivity contribution < 1.29 is 4.74 Å². The van der Waals surface area contributed by atoms with Crippen LogP contribution in [0, 0.1) is 0 Å². The number of hydrogen-bond donors (Lipinski definition) is 1. The molecule has 0 aliphatic heterocycles. The molecule has 1 fully saturated rings. The Bertz CT molecular complexity index is 674. The van der Waals surface area contributed by atoms with Gasteiger partial charge in [-0.2, -0.15) is 0 Å². The maximum atomic E-state index is 6.19. The molecule has 1 aliphatic carbocycles. The van der Waals surface area contributed by atoms with E-state index in [1.807, 2.05) is 24.3 Å². The zero-order chi connectivity index (χ0) is 15.5. The van der Waals surface area contributed by atoms with E-state index in [4.69, 9.17) is 27.9 Å². The second-order valence-corrected chi connectivity index (χ2v) is 7.19. The molecule has 0 bridgehead atoms. The average Bonchev–Trinajstić information content (AvgIpc) is 3.30. The van der Waals surface area contributed by atoms with Crippen LogP contribution in [0.3, 0.4) is 0 Å². The van der Waals surface area contributed by atoms with Gasteiger partial charge in [0.2, 0.25) is 0 Å². The molecule has 5 heteroatoms. The standard InChI is InChI=1S/C17H16BrCl2NO/c18-13-2-6-17(12(7-13)9-21-15-4-5-15)22-10-11-1-3-14(19)8-16(11)20/h1-3,6-8,15,21H,4-5,9-10H2. The van der Waals surface area contributed by atoms with E-state index in [-0.39, 0.29) is 0 Å². The van der Waals surface area contributed by atoms with Gasteiger partial charge in [0.1, 0.15) is 12.4 Å². The summed E-state index contributed by atoms with van der Waals surface area (Å²) in [5.74, 6) is 0.877. The van der Waals surface area contributed by atoms with Crippen LogP contribution in [0.2, 0.25) is 10.0 Å². The lowest BCUT2D eigenvalue weighted by atomic mass is 10.2. The molecule has 2 aromatic carbocycles. The predicted octanol–water partition coefficient (Wildman–Crippen LogP) is 5.59. The van der Waals surface area contributed by atoms with Gasteiger partial charge in [0.15, 0.2) is 0 Å². The highest BCUT2D eigenvalue weighted by Gasteiger charge is 2.20. The Morgan fingerprint density at radius 1 is 1.09 bits per heavy atom. The van der Waals surface area contributed by atoms with Crippen molar-refractivity contribution >= 4 is 39.1 Å². The first-order valence-corrected chi connectivity index (χ1v) is 8.75. The Hall–Kier alpha value is -0.740. The van der Waals surface area contributed by atoms with Crippen molar-refractivity contribution in [1.29, 1.82) is 0 Å². The first kappa shape index (κ1) is 16.1. The lowest BCUT2D eigenvalue weighted by Crippen LogP contribution is -2.16. The van der Waals surface area contributed by atoms with Crippen molar-refractivity contribution in [2.75, 3.05) is 0 Å². The first-order chi connectivity index (χ1) is 10.6. The smallest absolute Gasteiger partial charge is 0.124 e. The minimum Gasteiger partial charge on any atom is -0.489 e. The summed E-state index contributed by atoms with van der Waals surface area (Å²) in [5.41, 5.74) is 2.07. The molecule has 0 unspecified atom stereocenters. The second kappa shape index (κ2) is 7.22. The third-order valence-corrected chi connectivity index (χ3v) is 4.66. The van der Waals surface area contributed by atoms with Gasteiger partial charge in [0.25, 0.3) is 0 Å². The Morgan fingerprint density at radius 2 is 1.91 bits per heavy atom. The summed E-state index contributed by atoms with van der Waals surface area (Å²) in [5, 5.41) is 4.77. The normalized spacial score (nSPS) is 14.1. The molecule has 2 aromatic rings. The van der Waals surface area contributed by atoms with E-state index in [9.17, 15) is 0 Å². The van der Waals surface area contributed by atoms with E-state index in [1.165, 1.54) is 12.8 Å². The highest BCUT2D eigenvalue weighted by molar-refractivity contribution is 9.10. The fraction of sp³-hybridized carbons (Fsp3) is 0.294. The lowest BCUT2D eigenvalue weighted by Gasteiger charge is -2.13. The predicted molar refractivity (Wildman–Crippen MR) is 94.8 cm³/mol. The highest BCUT2D eigenvalue weighted by Crippen LogP contribution is 2.27. The molecule has 1 saturated carbocycles. The summed E-state index contributed by atoms with van der Waals surface area (Å²) in [7, 11) is 0. The molecule has 0 aromatic heterocycles. The Labute approximate surface area is 148 Å². The quantitative estimate of drug-likeness (QED) is 0.682. The highest BCUT2D eigenvalue weighted by atomic mass is 79.9. The summed E-state index contributed by atoms with van der Waals surface area (Å²) >= 11 is 15.6. The Kier molecular flexibility index (Phi) is 5.29. The zero-order valence-electron chi connectivity index (χ0n) is 11.9. The van der Waals surface area contributed by atoms with E-state index in [2.05, 4.69) is 27.3 Å². The van der Waals surface area contributed by atoms with E-state index >= 15 is 0 Å². The molecule has 22 heavy (non-hydrogen) atoms. The second-order valence-electron chi connectivity index (χ2n) is 5.43. The van der Waals surface area contributed by atoms with Gasteiger partial charge >= 0.3 is 0 Å². The molecule has 1 N–H and O–H groups in total. The van der Waals surface area contributed by atoms with Gasteiger partial charge in [-0.15, -0.1) is 0 Å². The van der Waals surface area contributed by atoms with Gasteiger partial charge in [-0.05, 0) is 43.2 Å². The monoisotopic (exact) mass is 399 g/mol. The molecule has 0 spiro atoms. The maximum absolute atomic E-state index is 6.19. The fourth-order valence-corrected chi connectivity index (χ4v) is 3.03. The summed E-state index contributed by atoms with van der Waals surface area (Å²) in [6.07, 6.45) is 2.54. The first-order valence-electron chi connectivity index (χ1n) is 7.20. The van der Waals surface area contributed by atoms with Crippen molar-refractivity contribution in [3.63, 3.8) is 0 Å². The van der Waals surface area contributed by atoms with Crippen LogP contribution in [0.5, 0.6) is 5.75 Å². The molecule has 0 saturated heterocycles. The number of benzene rings is 2. The number of hydrogen-bond acceptors (Lipinski definition) is 2. The van der Waals surface area contributed by atoms with E-state index in [0.717, 1.165) is 27.9 Å². The van der Waals surface area contributed by atoms with Crippen LogP contribution in [0.4, 0.5) is 0 Å². The lowest BCUT2D eigenvalue weighted by molar-refractivity contribution is 0.302. The van der Waals surface area contributed by atoms with E-state index in [1.54, 1.807) is 6.07 Å². The van der Waals surface area contributed by atoms with Crippen LogP contribution in [0.1, 0.15) is 24.0 Å². The van der Waals surface area contributed by atoms with Crippen molar-refractivity contribution in [3.05, 3.63) is 62.0 Å². The molecular formula is C17H16BrCl2NO. The molecule has 0 radical (unpaired) electrons. The molecule has 116 valence electrons. The van der Waals surface area contributed by atoms with Crippen LogP contribution in [0.15, 0.2) is 40.9 Å². The van der Waals surface area contributed by atoms with Gasteiger partial charge < -0.3 is 10.1 Å². The summed E-state index contributed by atoms with van der Waals surface area (Å²) in [6.45, 7) is 1.24. The number of rotatable bonds is 6. The minimum atomic E-state index is 0.425. The SMILES string of the molecule is Clc1ccc(COc2ccc(Br)cc2CNC2CC2)c(Cl)c1. The Morgan fingerprint density at radius 3 is 2.64 bits per heavy atom. The number of nitrogens with one attached hydrogen (secondary N) is 1. The zero-order valence-corrected chi connectivity index (χ0v) is 15.0. The van der Waals surface area contributed by atoms with Gasteiger partial charge in [-0.25, -0.2) is 0 Å². The van der Waals surface area contributed by atoms with Crippen LogP contribution < -0.4 is 10.1 Å². The van der Waals surface area contributed by atoms with Crippen molar-refractivity contribution in [1.82, 2.24) is 5.32 Å². The van der Waals surface area contributed by atoms with E-state index in [0.29, 0.717) is 22.7 Å². The summed E-state index contributed by atoms with van der Waals surface area (Å²) in [6, 6.07) is 12.2. The van der Waals surface area contributed by atoms with Crippen LogP contribution >= 0.6 is 39.1 Å². The van der Waals surface area contributed by atoms with Crippen LogP contribution in [-0.2, 0) is 13.2 Å². The molecule has 3 rings (SSSR count). The van der Waals surface area contributed by atoms with Crippen molar-refractivity contribution in [2.24, 2.45) is 0 Å².